The molecule has 7 heteroatoms. The fourth-order valence-electron chi connectivity index (χ4n) is 0.778. The summed E-state index contributed by atoms with van der Waals surface area (Å²) in [6.45, 7) is 0. The summed E-state index contributed by atoms with van der Waals surface area (Å²) < 4.78 is 23.2. The van der Waals surface area contributed by atoms with E-state index >= 15 is 0 Å². The minimum atomic E-state index is -2.59. The summed E-state index contributed by atoms with van der Waals surface area (Å²) in [7, 11) is 0. The van der Waals surface area contributed by atoms with Gasteiger partial charge in [0.2, 0.25) is 3.79 Å². The van der Waals surface area contributed by atoms with Crippen molar-refractivity contribution in [3.63, 3.8) is 0 Å². The van der Waals surface area contributed by atoms with Crippen LogP contribution in [0.4, 0.5) is 0 Å². The third-order valence-electron chi connectivity index (χ3n) is 1.35. The maximum Gasteiger partial charge on any atom is 0.216 e. The summed E-state index contributed by atoms with van der Waals surface area (Å²) in [6, 6.07) is 5.73. The van der Waals surface area contributed by atoms with Gasteiger partial charge >= 0.3 is 0 Å². The van der Waals surface area contributed by atoms with Crippen LogP contribution in [0.25, 0.3) is 0 Å². The highest BCUT2D eigenvalue weighted by Gasteiger charge is 2.22. The van der Waals surface area contributed by atoms with E-state index in [2.05, 4.69) is 4.18 Å². The molecule has 0 saturated carbocycles. The van der Waals surface area contributed by atoms with Gasteiger partial charge < -0.3 is 8.74 Å². The Bertz CT molecular complexity index is 333. The Morgan fingerprint density at radius 2 is 1.71 bits per heavy atom. The van der Waals surface area contributed by atoms with Crippen LogP contribution >= 0.6 is 34.8 Å². The number of hydrogen-bond acceptors (Lipinski definition) is 3. The normalized spacial score (nSPS) is 13.7. The molecule has 1 rings (SSSR count). The van der Waals surface area contributed by atoms with Crippen molar-refractivity contribution in [1.82, 2.24) is 0 Å². The monoisotopic (exact) mass is 273 g/mol. The predicted molar refractivity (Wildman–Crippen MR) is 55.2 cm³/mol. The van der Waals surface area contributed by atoms with E-state index in [4.69, 9.17) is 34.8 Å². The number of halogens is 3. The van der Waals surface area contributed by atoms with Crippen molar-refractivity contribution < 1.29 is 12.9 Å². The molecule has 1 aromatic carbocycles. The van der Waals surface area contributed by atoms with Crippen LogP contribution in [0.5, 0.6) is 5.75 Å². The van der Waals surface area contributed by atoms with Crippen molar-refractivity contribution in [3.8, 4) is 5.75 Å². The lowest BCUT2D eigenvalue weighted by Crippen LogP contribution is -2.01. The van der Waals surface area contributed by atoms with Crippen LogP contribution in [0.3, 0.4) is 0 Å². The first-order chi connectivity index (χ1) is 6.39. The molecule has 1 unspecified atom stereocenters. The molecule has 78 valence electrons. The Labute approximate surface area is 98.4 Å². The van der Waals surface area contributed by atoms with Crippen LogP contribution in [0, 0.1) is 0 Å². The summed E-state index contributed by atoms with van der Waals surface area (Å²) >= 11 is 14.2. The number of alkyl halides is 3. The Morgan fingerprint density at radius 3 is 2.07 bits per heavy atom. The van der Waals surface area contributed by atoms with Crippen molar-refractivity contribution in [2.45, 2.75) is 3.79 Å². The van der Waals surface area contributed by atoms with Crippen LogP contribution in [-0.2, 0) is 15.2 Å². The smallest absolute Gasteiger partial charge is 0.216 e. The summed E-state index contributed by atoms with van der Waals surface area (Å²) in [6.07, 6.45) is 0. The first kappa shape index (κ1) is 12.1. The highest BCUT2D eigenvalue weighted by molar-refractivity contribution is 7.74. The van der Waals surface area contributed by atoms with Crippen LogP contribution in [0.1, 0.15) is 5.56 Å². The topological polar surface area (TPSA) is 49.4 Å². The van der Waals surface area contributed by atoms with E-state index in [9.17, 15) is 8.76 Å². The molecule has 0 aliphatic carbocycles. The second-order valence-corrected chi connectivity index (χ2v) is 5.17. The first-order valence-corrected chi connectivity index (χ1v) is 5.48. The molecule has 0 heterocycles. The second kappa shape index (κ2) is 4.68. The van der Waals surface area contributed by atoms with Crippen molar-refractivity contribution in [1.29, 1.82) is 0 Å². The molecule has 0 radical (unpaired) electrons. The maximum atomic E-state index is 10.2. The Hall–Kier alpha value is -0.000000000000000167. The molecule has 0 fully saturated rings. The first-order valence-electron chi connectivity index (χ1n) is 3.34. The third kappa shape index (κ3) is 3.63. The van der Waals surface area contributed by atoms with E-state index in [-0.39, 0.29) is 5.75 Å². The number of benzene rings is 1. The van der Waals surface area contributed by atoms with Crippen LogP contribution in [0.2, 0.25) is 0 Å². The standard InChI is InChI=1S/C7H5Cl3O3S/c8-7(9,10)5-1-3-6(4-2-5)13-14(11)12/h1-4H,(H,11,12)/p-1. The zero-order valence-electron chi connectivity index (χ0n) is 6.58. The minimum absolute atomic E-state index is 0.163. The Morgan fingerprint density at radius 1 is 1.21 bits per heavy atom. The van der Waals surface area contributed by atoms with Crippen molar-refractivity contribution in [2.24, 2.45) is 0 Å². The molecule has 0 amide bonds. The van der Waals surface area contributed by atoms with Gasteiger partial charge in [-0.25, -0.2) is 4.21 Å². The molecule has 14 heavy (non-hydrogen) atoms. The Kier molecular flexibility index (Phi) is 4.04. The average Bonchev–Trinajstić information content (AvgIpc) is 2.02. The summed E-state index contributed by atoms with van der Waals surface area (Å²) in [4.78, 5) is 0. The molecule has 1 aromatic rings. The molecule has 3 nitrogen and oxygen atoms in total. The quantitative estimate of drug-likeness (QED) is 0.615. The molecule has 0 bridgehead atoms. The van der Waals surface area contributed by atoms with Gasteiger partial charge in [-0.3, -0.25) is 0 Å². The van der Waals surface area contributed by atoms with Crippen molar-refractivity contribution >= 4 is 46.2 Å². The van der Waals surface area contributed by atoms with Gasteiger partial charge in [-0.15, -0.1) is 0 Å². The van der Waals surface area contributed by atoms with Crippen LogP contribution in [-0.4, -0.2) is 8.76 Å². The fraction of sp³-hybridized carbons (Fsp3) is 0.143. The van der Waals surface area contributed by atoms with E-state index in [0.29, 0.717) is 5.56 Å². The molecular formula is C7H4Cl3O3S-. The predicted octanol–water partition coefficient (Wildman–Crippen LogP) is 2.69. The van der Waals surface area contributed by atoms with E-state index in [1.165, 1.54) is 24.3 Å². The van der Waals surface area contributed by atoms with E-state index < -0.39 is 15.2 Å². The average molecular weight is 275 g/mol. The van der Waals surface area contributed by atoms with Gasteiger partial charge in [-0.2, -0.15) is 0 Å². The lowest BCUT2D eigenvalue weighted by molar-refractivity contribution is 0.440. The second-order valence-electron chi connectivity index (χ2n) is 2.31. The van der Waals surface area contributed by atoms with E-state index in [0.717, 1.165) is 0 Å². The van der Waals surface area contributed by atoms with Crippen LogP contribution < -0.4 is 4.18 Å². The molecule has 0 saturated heterocycles. The van der Waals surface area contributed by atoms with Crippen molar-refractivity contribution in [3.05, 3.63) is 29.8 Å². The van der Waals surface area contributed by atoms with Gasteiger partial charge in [0, 0.05) is 5.56 Å². The zero-order chi connectivity index (χ0) is 10.8. The maximum absolute atomic E-state index is 10.2. The summed E-state index contributed by atoms with van der Waals surface area (Å²) in [5.74, 6) is 0.163. The molecular weight excluding hydrogens is 270 g/mol. The van der Waals surface area contributed by atoms with E-state index in [1.807, 2.05) is 0 Å². The number of hydrogen-bond donors (Lipinski definition) is 0. The highest BCUT2D eigenvalue weighted by atomic mass is 35.6. The third-order valence-corrected chi connectivity index (χ3v) is 2.33. The van der Waals surface area contributed by atoms with Gasteiger partial charge in [0.1, 0.15) is 17.1 Å². The highest BCUT2D eigenvalue weighted by Crippen LogP contribution is 2.38. The van der Waals surface area contributed by atoms with Crippen molar-refractivity contribution in [2.75, 3.05) is 0 Å². The molecule has 0 aromatic heterocycles. The van der Waals surface area contributed by atoms with Gasteiger partial charge in [0.05, 0.1) is 0 Å². The molecule has 1 atom stereocenters. The summed E-state index contributed by atoms with van der Waals surface area (Å²) in [5, 5.41) is 0. The van der Waals surface area contributed by atoms with Gasteiger partial charge in [0.25, 0.3) is 0 Å². The summed E-state index contributed by atoms with van der Waals surface area (Å²) in [5.41, 5.74) is 0.437. The molecule has 0 aliphatic rings. The lowest BCUT2D eigenvalue weighted by atomic mass is 10.2. The van der Waals surface area contributed by atoms with Gasteiger partial charge in [-0.05, 0) is 12.1 Å². The molecule has 0 spiro atoms. The SMILES string of the molecule is O=S([O-])Oc1ccc(C(Cl)(Cl)Cl)cc1. The van der Waals surface area contributed by atoms with E-state index in [1.54, 1.807) is 0 Å². The van der Waals surface area contributed by atoms with Crippen LogP contribution in [0.15, 0.2) is 24.3 Å². The lowest BCUT2D eigenvalue weighted by Gasteiger charge is -2.12. The largest absolute Gasteiger partial charge is 0.740 e. The fourth-order valence-corrected chi connectivity index (χ4v) is 1.42. The molecule has 0 aliphatic heterocycles. The van der Waals surface area contributed by atoms with Gasteiger partial charge in [0.15, 0.2) is 0 Å². The zero-order valence-corrected chi connectivity index (χ0v) is 9.66. The minimum Gasteiger partial charge on any atom is -0.740 e. The van der Waals surface area contributed by atoms with Gasteiger partial charge in [-0.1, -0.05) is 46.9 Å². The number of rotatable bonds is 2. The Balaban J connectivity index is 2.84. The molecule has 0 N–H and O–H groups in total.